The third kappa shape index (κ3) is 3.50. The van der Waals surface area contributed by atoms with Gasteiger partial charge in [-0.3, -0.25) is 4.79 Å². The van der Waals surface area contributed by atoms with E-state index >= 15 is 0 Å². The van der Waals surface area contributed by atoms with Gasteiger partial charge in [-0.25, -0.2) is 0 Å². The van der Waals surface area contributed by atoms with Gasteiger partial charge in [-0.1, -0.05) is 6.08 Å². The lowest BCUT2D eigenvalue weighted by atomic mass is 10.3. The molecule has 19 heavy (non-hydrogen) atoms. The molecular weight excluding hydrogens is 240 g/mol. The second-order valence-corrected chi connectivity index (χ2v) is 4.60. The molecule has 0 atom stereocenters. The molecule has 0 aromatic heterocycles. The summed E-state index contributed by atoms with van der Waals surface area (Å²) in [4.78, 5) is 13.7. The molecule has 1 aromatic rings. The Balaban J connectivity index is 1.85. The zero-order valence-electron chi connectivity index (χ0n) is 11.5. The van der Waals surface area contributed by atoms with E-state index in [1.165, 1.54) is 0 Å². The average Bonchev–Trinajstić information content (AvgIpc) is 2.98. The summed E-state index contributed by atoms with van der Waals surface area (Å²) < 4.78 is 5.50. The Morgan fingerprint density at radius 1 is 1.37 bits per heavy atom. The van der Waals surface area contributed by atoms with E-state index in [1.807, 2.05) is 38.4 Å². The lowest BCUT2D eigenvalue weighted by molar-refractivity contribution is -0.130. The Morgan fingerprint density at radius 2 is 2.11 bits per heavy atom. The monoisotopic (exact) mass is 260 g/mol. The number of likely N-dealkylation sites (N-methyl/N-ethyl adjacent to an activating group) is 1. The second kappa shape index (κ2) is 6.27. The van der Waals surface area contributed by atoms with Crippen LogP contribution in [0.15, 0.2) is 36.0 Å². The number of nitrogens with one attached hydrogen (secondary N) is 1. The van der Waals surface area contributed by atoms with E-state index in [2.05, 4.69) is 11.4 Å². The average molecular weight is 260 g/mol. The number of hydrogen-bond acceptors (Lipinski definition) is 3. The first kappa shape index (κ1) is 13.5. The Hall–Kier alpha value is -1.97. The third-order valence-electron chi connectivity index (χ3n) is 3.33. The van der Waals surface area contributed by atoms with Gasteiger partial charge in [0.05, 0.1) is 0 Å². The first-order chi connectivity index (χ1) is 9.20. The highest BCUT2D eigenvalue weighted by atomic mass is 16.5. The van der Waals surface area contributed by atoms with E-state index in [-0.39, 0.29) is 12.5 Å². The second-order valence-electron chi connectivity index (χ2n) is 4.60. The summed E-state index contributed by atoms with van der Waals surface area (Å²) in [6.45, 7) is 0.0761. The van der Waals surface area contributed by atoms with Crippen molar-refractivity contribution in [1.82, 2.24) is 4.90 Å². The van der Waals surface area contributed by atoms with Crippen LogP contribution >= 0.6 is 0 Å². The number of carbonyl (C=O) groups excluding carboxylic acids is 1. The van der Waals surface area contributed by atoms with Crippen molar-refractivity contribution in [3.05, 3.63) is 36.0 Å². The number of rotatable bonds is 5. The number of hydrogen-bond donors (Lipinski definition) is 1. The Labute approximate surface area is 114 Å². The van der Waals surface area contributed by atoms with Gasteiger partial charge in [0, 0.05) is 25.5 Å². The fraction of sp³-hybridized carbons (Fsp3) is 0.400. The van der Waals surface area contributed by atoms with Crippen LogP contribution in [0.5, 0.6) is 5.75 Å². The summed E-state index contributed by atoms with van der Waals surface area (Å²) in [7, 11) is 3.68. The molecule has 2 rings (SSSR count). The molecule has 0 aliphatic heterocycles. The summed E-state index contributed by atoms with van der Waals surface area (Å²) in [6, 6.07) is 7.55. The maximum Gasteiger partial charge on any atom is 0.264 e. The first-order valence-corrected chi connectivity index (χ1v) is 6.57. The molecule has 0 radical (unpaired) electrons. The van der Waals surface area contributed by atoms with E-state index in [0.717, 1.165) is 30.6 Å². The van der Waals surface area contributed by atoms with Gasteiger partial charge in [0.1, 0.15) is 5.75 Å². The molecule has 1 aliphatic rings. The van der Waals surface area contributed by atoms with Crippen LogP contribution in [-0.2, 0) is 4.79 Å². The van der Waals surface area contributed by atoms with E-state index in [1.54, 1.807) is 4.90 Å². The molecule has 1 aliphatic carbocycles. The summed E-state index contributed by atoms with van der Waals surface area (Å²) in [6.07, 6.45) is 5.32. The summed E-state index contributed by atoms with van der Waals surface area (Å²) in [5.74, 6) is 0.701. The van der Waals surface area contributed by atoms with Crippen molar-refractivity contribution < 1.29 is 9.53 Å². The predicted octanol–water partition coefficient (Wildman–Crippen LogP) is 2.63. The lowest BCUT2D eigenvalue weighted by Crippen LogP contribution is -2.30. The van der Waals surface area contributed by atoms with Crippen LogP contribution in [0.2, 0.25) is 0 Å². The molecule has 0 unspecified atom stereocenters. The highest BCUT2D eigenvalue weighted by Crippen LogP contribution is 2.20. The normalized spacial score (nSPS) is 13.9. The zero-order valence-corrected chi connectivity index (χ0v) is 11.5. The van der Waals surface area contributed by atoms with Crippen molar-refractivity contribution in [3.8, 4) is 5.75 Å². The van der Waals surface area contributed by atoms with Crippen molar-refractivity contribution >= 4 is 11.6 Å². The smallest absolute Gasteiger partial charge is 0.264 e. The Morgan fingerprint density at radius 3 is 2.68 bits per heavy atom. The molecule has 4 heteroatoms. The molecular formula is C15H20N2O2. The lowest BCUT2D eigenvalue weighted by Gasteiger charge is -2.18. The van der Waals surface area contributed by atoms with Crippen LogP contribution in [-0.4, -0.2) is 31.5 Å². The number of carbonyl (C=O) groups is 1. The molecule has 0 bridgehead atoms. The topological polar surface area (TPSA) is 41.6 Å². The van der Waals surface area contributed by atoms with Crippen molar-refractivity contribution in [1.29, 1.82) is 0 Å². The minimum atomic E-state index is -0.00848. The van der Waals surface area contributed by atoms with Crippen molar-refractivity contribution in [2.24, 2.45) is 0 Å². The number of allylic oxidation sites excluding steroid dienone is 2. The molecule has 0 spiro atoms. The van der Waals surface area contributed by atoms with Gasteiger partial charge in [0.2, 0.25) is 0 Å². The van der Waals surface area contributed by atoms with Gasteiger partial charge in [-0.05, 0) is 43.5 Å². The van der Waals surface area contributed by atoms with Gasteiger partial charge in [-0.2, -0.15) is 0 Å². The Kier molecular flexibility index (Phi) is 4.44. The molecule has 4 nitrogen and oxygen atoms in total. The molecule has 0 fully saturated rings. The fourth-order valence-electron chi connectivity index (χ4n) is 2.08. The van der Waals surface area contributed by atoms with Crippen molar-refractivity contribution in [3.63, 3.8) is 0 Å². The number of amides is 1. The number of nitrogens with zero attached hydrogens (tertiary/aromatic N) is 1. The summed E-state index contributed by atoms with van der Waals surface area (Å²) in [5.41, 5.74) is 2.13. The minimum Gasteiger partial charge on any atom is -0.484 e. The largest absolute Gasteiger partial charge is 0.484 e. The van der Waals surface area contributed by atoms with Crippen LogP contribution in [0.3, 0.4) is 0 Å². The van der Waals surface area contributed by atoms with Gasteiger partial charge in [-0.15, -0.1) is 0 Å². The predicted molar refractivity (Wildman–Crippen MR) is 76.2 cm³/mol. The van der Waals surface area contributed by atoms with Crippen molar-refractivity contribution in [2.75, 3.05) is 26.0 Å². The maximum absolute atomic E-state index is 12.0. The Bertz CT molecular complexity index is 466. The van der Waals surface area contributed by atoms with E-state index in [0.29, 0.717) is 5.75 Å². The molecule has 102 valence electrons. The maximum atomic E-state index is 12.0. The van der Waals surface area contributed by atoms with Crippen LogP contribution in [0.25, 0.3) is 0 Å². The summed E-state index contributed by atoms with van der Waals surface area (Å²) >= 11 is 0. The summed E-state index contributed by atoms with van der Waals surface area (Å²) in [5, 5.41) is 3.04. The highest BCUT2D eigenvalue weighted by Gasteiger charge is 2.16. The number of benzene rings is 1. The van der Waals surface area contributed by atoms with Gasteiger partial charge in [0.25, 0.3) is 5.91 Å². The minimum absolute atomic E-state index is 0.00848. The van der Waals surface area contributed by atoms with Gasteiger partial charge in [0.15, 0.2) is 6.61 Å². The van der Waals surface area contributed by atoms with Gasteiger partial charge >= 0.3 is 0 Å². The van der Waals surface area contributed by atoms with E-state index in [9.17, 15) is 4.79 Å². The third-order valence-corrected chi connectivity index (χ3v) is 3.33. The van der Waals surface area contributed by atoms with Crippen LogP contribution in [0, 0.1) is 0 Å². The standard InChI is InChI=1S/C15H20N2O2/c1-16-12-7-9-14(10-8-12)19-11-15(18)17(2)13-5-3-4-6-13/h5,7-10,16H,3-4,6,11H2,1-2H3. The molecule has 1 aromatic carbocycles. The molecule has 0 heterocycles. The zero-order chi connectivity index (χ0) is 13.7. The van der Waals surface area contributed by atoms with Gasteiger partial charge < -0.3 is 15.0 Å². The van der Waals surface area contributed by atoms with Crippen LogP contribution < -0.4 is 10.1 Å². The van der Waals surface area contributed by atoms with Crippen molar-refractivity contribution in [2.45, 2.75) is 19.3 Å². The van der Waals surface area contributed by atoms with E-state index < -0.39 is 0 Å². The molecule has 1 N–H and O–H groups in total. The molecule has 0 saturated heterocycles. The highest BCUT2D eigenvalue weighted by molar-refractivity contribution is 5.79. The number of anilines is 1. The quantitative estimate of drug-likeness (QED) is 0.885. The molecule has 0 saturated carbocycles. The fourth-order valence-corrected chi connectivity index (χ4v) is 2.08. The number of ether oxygens (including phenoxy) is 1. The van der Waals surface area contributed by atoms with Crippen LogP contribution in [0.4, 0.5) is 5.69 Å². The molecule has 1 amide bonds. The van der Waals surface area contributed by atoms with E-state index in [4.69, 9.17) is 4.74 Å². The SMILES string of the molecule is CNc1ccc(OCC(=O)N(C)C2=CCCC2)cc1. The first-order valence-electron chi connectivity index (χ1n) is 6.57. The van der Waals surface area contributed by atoms with Crippen LogP contribution in [0.1, 0.15) is 19.3 Å².